The van der Waals surface area contributed by atoms with Gasteiger partial charge in [0.1, 0.15) is 63.8 Å². The number of para-hydroxylation sites is 2. The number of anilines is 2. The summed E-state index contributed by atoms with van der Waals surface area (Å²) < 4.78 is 41.7. The van der Waals surface area contributed by atoms with E-state index in [9.17, 15) is 21.0 Å². The van der Waals surface area contributed by atoms with Crippen LogP contribution in [0.5, 0.6) is 40.2 Å². The molecule has 420 valence electrons. The van der Waals surface area contributed by atoms with Crippen LogP contribution in [0, 0.1) is 69.0 Å². The van der Waals surface area contributed by atoms with E-state index in [1.165, 1.54) is 47.0 Å². The summed E-state index contributed by atoms with van der Waals surface area (Å²) in [4.78, 5) is 6.06. The summed E-state index contributed by atoms with van der Waals surface area (Å²) in [5.74, 6) is 5.10. The Labute approximate surface area is 490 Å². The molecule has 0 amide bonds. The lowest BCUT2D eigenvalue weighted by Gasteiger charge is -2.23. The fourth-order valence-corrected chi connectivity index (χ4v) is 11.8. The van der Waals surface area contributed by atoms with Gasteiger partial charge in [-0.2, -0.15) is 21.0 Å². The molecule has 0 unspecified atom stereocenters. The van der Waals surface area contributed by atoms with Crippen molar-refractivity contribution in [1.29, 1.82) is 21.0 Å². The maximum Gasteiger partial charge on any atom is 0.153 e. The number of rotatable bonds is 27. The molecule has 6 aromatic carbocycles. The van der Waals surface area contributed by atoms with Crippen molar-refractivity contribution in [1.82, 2.24) is 0 Å². The van der Waals surface area contributed by atoms with Gasteiger partial charge in [0, 0.05) is 32.1 Å². The van der Waals surface area contributed by atoms with Gasteiger partial charge in [0.2, 0.25) is 0 Å². The average Bonchev–Trinajstić information content (AvgIpc) is 3.63. The first-order chi connectivity index (χ1) is 38.5. The van der Waals surface area contributed by atoms with Gasteiger partial charge < -0.3 is 44.6 Å². The Morgan fingerprint density at radius 2 is 0.725 bits per heavy atom. The largest absolute Gasteiger partial charge is 0.497 e. The van der Waals surface area contributed by atoms with E-state index in [0.29, 0.717) is 116 Å². The third-order valence-electron chi connectivity index (χ3n) is 12.0. The normalized spacial score (nSPS) is 10.8. The Kier molecular flexibility index (Phi) is 25.7. The molecule has 0 spiro atoms. The molecule has 0 saturated carbocycles. The van der Waals surface area contributed by atoms with Crippen LogP contribution in [0.25, 0.3) is 0 Å². The van der Waals surface area contributed by atoms with Gasteiger partial charge in [-0.1, -0.05) is 127 Å². The molecule has 6 rings (SSSR count). The Bertz CT molecular complexity index is 3200. The Balaban J connectivity index is 0.000000294. The number of nitriles is 4. The van der Waals surface area contributed by atoms with Gasteiger partial charge in [0.05, 0.1) is 72.2 Å². The molecule has 0 aliphatic heterocycles. The molecule has 0 bridgehead atoms. The third kappa shape index (κ3) is 17.7. The Hall–Kier alpha value is -7.12. The number of benzene rings is 6. The smallest absolute Gasteiger partial charge is 0.153 e. The number of hydrogen-bond donors (Lipinski definition) is 2. The van der Waals surface area contributed by atoms with Gasteiger partial charge in [-0.3, -0.25) is 0 Å². The molecule has 13 nitrogen and oxygen atoms in total. The Morgan fingerprint density at radius 1 is 0.400 bits per heavy atom. The van der Waals surface area contributed by atoms with Crippen LogP contribution in [0.3, 0.4) is 0 Å². The minimum atomic E-state index is 0.149. The van der Waals surface area contributed by atoms with Crippen molar-refractivity contribution in [2.45, 2.75) is 120 Å². The van der Waals surface area contributed by atoms with E-state index in [1.807, 2.05) is 84.9 Å². The molecule has 80 heavy (non-hydrogen) atoms. The van der Waals surface area contributed by atoms with Crippen LogP contribution >= 0.6 is 47.0 Å². The van der Waals surface area contributed by atoms with E-state index < -0.39 is 0 Å². The fourth-order valence-electron chi connectivity index (χ4n) is 7.35. The first-order valence-electron chi connectivity index (χ1n) is 26.4. The lowest BCUT2D eigenvalue weighted by atomic mass is 10.1. The fraction of sp³-hybridized carbons (Fsp3) is 0.365. The molecule has 0 aliphatic carbocycles. The monoisotopic (exact) mass is 1150 g/mol. The van der Waals surface area contributed by atoms with Crippen molar-refractivity contribution in [2.75, 3.05) is 59.2 Å². The van der Waals surface area contributed by atoms with Crippen LogP contribution in [-0.4, -0.2) is 47.8 Å². The molecule has 0 heterocycles. The van der Waals surface area contributed by atoms with Crippen molar-refractivity contribution in [3.05, 3.63) is 113 Å². The van der Waals surface area contributed by atoms with Crippen LogP contribution in [0.15, 0.2) is 130 Å². The van der Waals surface area contributed by atoms with Crippen LogP contribution in [0.4, 0.5) is 11.4 Å². The van der Waals surface area contributed by atoms with E-state index in [1.54, 1.807) is 27.4 Å². The van der Waals surface area contributed by atoms with Gasteiger partial charge in [0.15, 0.2) is 23.0 Å². The van der Waals surface area contributed by atoms with Crippen molar-refractivity contribution >= 4 is 58.4 Å². The predicted octanol–water partition coefficient (Wildman–Crippen LogP) is 16.4. The highest BCUT2D eigenvalue weighted by atomic mass is 32.2. The van der Waals surface area contributed by atoms with E-state index in [2.05, 4.69) is 79.7 Å². The summed E-state index contributed by atoms with van der Waals surface area (Å²) in [5.41, 5.74) is 14.6. The molecular formula is C63H72N6O7S4. The van der Waals surface area contributed by atoms with E-state index in [0.717, 1.165) is 51.0 Å². The maximum atomic E-state index is 10.3. The van der Waals surface area contributed by atoms with E-state index in [4.69, 9.17) is 44.6 Å². The zero-order valence-corrected chi connectivity index (χ0v) is 50.8. The van der Waals surface area contributed by atoms with Crippen LogP contribution in [0.2, 0.25) is 0 Å². The summed E-state index contributed by atoms with van der Waals surface area (Å²) in [6.45, 7) is 18.5. The topological polar surface area (TPSA) is 212 Å². The molecule has 17 heteroatoms. The summed E-state index contributed by atoms with van der Waals surface area (Å²) in [6.07, 6.45) is 3.17. The highest BCUT2D eigenvalue weighted by Crippen LogP contribution is 2.55. The standard InChI is InChI=1S/C32H37N3O4S2.C31H35N3O3S2/c1-20(2)13-15-38-29-23(18-33)24(19-34)30(39-16-14-21(3)4)32(31(29)40-27-10-8-7-9-25(27)35)41-28-12-11-22(36-5)17-26(28)37-6;1-20(2)14-16-36-28-24(18-32)25(19-33)29(37-17-15-21(3)4)31(39-27-9-7-6-8-26(27)34)30(28)38-23-12-10-22(35-5)11-13-23/h7-12,17,20-21H,13-16,35H2,1-6H3;6-13,20-21H,14-17,34H2,1-5H3. The van der Waals surface area contributed by atoms with Gasteiger partial charge >= 0.3 is 0 Å². The highest BCUT2D eigenvalue weighted by molar-refractivity contribution is 8.03. The second-order valence-corrected chi connectivity index (χ2v) is 24.1. The molecule has 6 aromatic rings. The lowest BCUT2D eigenvalue weighted by Crippen LogP contribution is -2.09. The summed E-state index contributed by atoms with van der Waals surface area (Å²) in [5, 5.41) is 41.2. The zero-order chi connectivity index (χ0) is 58.3. The van der Waals surface area contributed by atoms with Gasteiger partial charge in [-0.25, -0.2) is 0 Å². The first-order valence-corrected chi connectivity index (χ1v) is 29.6. The second kappa shape index (κ2) is 32.2. The summed E-state index contributed by atoms with van der Waals surface area (Å²) in [7, 11) is 4.82. The van der Waals surface area contributed by atoms with Crippen molar-refractivity contribution < 1.29 is 33.2 Å². The quantitative estimate of drug-likeness (QED) is 0.0459. The SMILES string of the molecule is COc1ccc(Sc2c(OCCC(C)C)c(C#N)c(C#N)c(OCCC(C)C)c2Sc2ccccc2N)c(OC)c1.COc1ccc(Sc2c(OCCC(C)C)c(C#N)c(C#N)c(OCCC(C)C)c2Sc2ccccc2N)cc1. The molecule has 0 saturated heterocycles. The molecular weight excluding hydrogens is 1080 g/mol. The van der Waals surface area contributed by atoms with E-state index >= 15 is 0 Å². The van der Waals surface area contributed by atoms with Crippen molar-refractivity contribution in [2.24, 2.45) is 23.7 Å². The van der Waals surface area contributed by atoms with Crippen molar-refractivity contribution in [3.8, 4) is 64.5 Å². The molecule has 0 radical (unpaired) electrons. The number of nitrogens with zero attached hydrogens (tertiary/aromatic N) is 4. The van der Waals surface area contributed by atoms with Crippen molar-refractivity contribution in [3.63, 3.8) is 0 Å². The number of ether oxygens (including phenoxy) is 7. The first kappa shape index (κ1) is 63.7. The van der Waals surface area contributed by atoms with E-state index in [-0.39, 0.29) is 22.3 Å². The van der Waals surface area contributed by atoms with Gasteiger partial charge in [-0.15, -0.1) is 0 Å². The molecule has 0 aromatic heterocycles. The molecule has 4 N–H and O–H groups in total. The summed E-state index contributed by atoms with van der Waals surface area (Å²) >= 11 is 5.67. The molecule has 0 atom stereocenters. The number of nitrogens with two attached hydrogens (primary N) is 2. The van der Waals surface area contributed by atoms with Gasteiger partial charge in [-0.05, 0) is 110 Å². The van der Waals surface area contributed by atoms with Crippen LogP contribution < -0.4 is 44.6 Å². The zero-order valence-electron chi connectivity index (χ0n) is 47.6. The Morgan fingerprint density at radius 3 is 1.04 bits per heavy atom. The predicted molar refractivity (Wildman–Crippen MR) is 322 cm³/mol. The molecule has 0 fully saturated rings. The highest BCUT2D eigenvalue weighted by Gasteiger charge is 2.31. The maximum absolute atomic E-state index is 10.3. The van der Waals surface area contributed by atoms with Crippen LogP contribution in [0.1, 0.15) is 103 Å². The minimum absolute atomic E-state index is 0.149. The summed E-state index contributed by atoms with van der Waals surface area (Å²) in [6, 6.07) is 37.3. The van der Waals surface area contributed by atoms with Crippen LogP contribution in [-0.2, 0) is 0 Å². The second-order valence-electron chi connectivity index (χ2n) is 19.9. The number of nitrogen functional groups attached to an aromatic ring is 2. The average molecular weight is 1150 g/mol. The lowest BCUT2D eigenvalue weighted by molar-refractivity contribution is 0.269. The third-order valence-corrected chi connectivity index (χ3v) is 16.9. The van der Waals surface area contributed by atoms with Gasteiger partial charge in [0.25, 0.3) is 0 Å². The minimum Gasteiger partial charge on any atom is -0.497 e. The number of methoxy groups -OCH3 is 3. The molecule has 0 aliphatic rings. The number of hydrogen-bond acceptors (Lipinski definition) is 17.